The molecule has 0 unspecified atom stereocenters. The summed E-state index contributed by atoms with van der Waals surface area (Å²) < 4.78 is 12.2. The third kappa shape index (κ3) is 7.71. The zero-order chi connectivity index (χ0) is 28.4. The lowest BCUT2D eigenvalue weighted by Gasteiger charge is -2.09. The fourth-order valence-electron chi connectivity index (χ4n) is 3.69. The number of anilines is 1. The van der Waals surface area contributed by atoms with Crippen molar-refractivity contribution in [2.45, 2.75) is 19.9 Å². The van der Waals surface area contributed by atoms with Gasteiger partial charge in [0, 0.05) is 23.4 Å². The van der Waals surface area contributed by atoms with E-state index in [-0.39, 0.29) is 18.4 Å². The Kier molecular flexibility index (Phi) is 9.85. The maximum atomic E-state index is 12.8. The van der Waals surface area contributed by atoms with Gasteiger partial charge >= 0.3 is 0 Å². The number of ether oxygens (including phenoxy) is 2. The molecular formula is C28H33N7O4. The molecule has 0 spiro atoms. The molecule has 39 heavy (non-hydrogen) atoms. The molecule has 0 bridgehead atoms. The predicted molar refractivity (Wildman–Crippen MR) is 153 cm³/mol. The molecule has 0 saturated carbocycles. The van der Waals surface area contributed by atoms with E-state index in [4.69, 9.17) is 26.7 Å². The van der Waals surface area contributed by atoms with Gasteiger partial charge in [-0.2, -0.15) is 0 Å². The van der Waals surface area contributed by atoms with Gasteiger partial charge in [-0.05, 0) is 61.0 Å². The van der Waals surface area contributed by atoms with Gasteiger partial charge in [0.1, 0.15) is 23.9 Å². The van der Waals surface area contributed by atoms with Crippen molar-refractivity contribution in [3.63, 3.8) is 0 Å². The molecule has 11 heteroatoms. The lowest BCUT2D eigenvalue weighted by molar-refractivity contribution is -0.118. The summed E-state index contributed by atoms with van der Waals surface area (Å²) in [4.78, 5) is 32.9. The molecule has 0 aliphatic carbocycles. The van der Waals surface area contributed by atoms with E-state index in [1.165, 1.54) is 0 Å². The number of hydrogen-bond acceptors (Lipinski definition) is 6. The lowest BCUT2D eigenvalue weighted by Crippen LogP contribution is -2.22. The number of amides is 2. The van der Waals surface area contributed by atoms with Gasteiger partial charge in [-0.15, -0.1) is 0 Å². The second-order valence-electron chi connectivity index (χ2n) is 8.41. The number of hydrogen-bond donors (Lipinski definition) is 4. The number of carbonyl (C=O) groups is 2. The van der Waals surface area contributed by atoms with Gasteiger partial charge in [0.15, 0.2) is 5.96 Å². The summed E-state index contributed by atoms with van der Waals surface area (Å²) in [6, 6.07) is 19.6. The molecule has 4 aromatic rings. The van der Waals surface area contributed by atoms with Crippen LogP contribution in [0.4, 0.5) is 5.69 Å². The minimum atomic E-state index is -0.491. The summed E-state index contributed by atoms with van der Waals surface area (Å²) in [5.74, 6) is 1.35. The number of nitrogens with two attached hydrogens (primary N) is 3. The van der Waals surface area contributed by atoms with Gasteiger partial charge in [0.25, 0.3) is 5.91 Å². The van der Waals surface area contributed by atoms with E-state index in [0.717, 1.165) is 18.5 Å². The van der Waals surface area contributed by atoms with Gasteiger partial charge in [-0.25, -0.2) is 4.98 Å². The fraction of sp³-hybridized carbons (Fsp3) is 0.214. The van der Waals surface area contributed by atoms with Crippen molar-refractivity contribution in [2.75, 3.05) is 26.1 Å². The van der Waals surface area contributed by atoms with E-state index >= 15 is 0 Å². The lowest BCUT2D eigenvalue weighted by atomic mass is 10.1. The first-order valence-corrected chi connectivity index (χ1v) is 12.2. The Morgan fingerprint density at radius 2 is 1.67 bits per heavy atom. The molecule has 0 aliphatic rings. The standard InChI is InChI=1S/C24H22N4O4.C4H11N3/c1-31-18-9-7-17(8-10-18)26-24(30)16-6-11-21-20(13-16)27-23(28(21)14-22(25)29)15-4-3-5-19(12-15)32-2;1-2-3-7-4(5)6/h3-13H,14H2,1-2H3,(H2,25,29)(H,26,30);2-3H2,1H3,(H4,5,6,7). The molecule has 4 rings (SSSR count). The first kappa shape index (κ1) is 28.5. The van der Waals surface area contributed by atoms with E-state index in [1.54, 1.807) is 61.3 Å². The Balaban J connectivity index is 0.000000532. The third-order valence-electron chi connectivity index (χ3n) is 5.52. The molecule has 1 aromatic heterocycles. The number of guanidine groups is 1. The SMILES string of the molecule is CCCN=C(N)N.COc1ccc(NC(=O)c2ccc3c(c2)nc(-c2cccc(OC)c2)n3CC(N)=O)cc1. The molecular weight excluding hydrogens is 498 g/mol. The van der Waals surface area contributed by atoms with Crippen LogP contribution in [0.25, 0.3) is 22.4 Å². The quantitative estimate of drug-likeness (QED) is 0.190. The molecule has 1 heterocycles. The van der Waals surface area contributed by atoms with Gasteiger partial charge in [-0.3, -0.25) is 14.6 Å². The van der Waals surface area contributed by atoms with Crippen molar-refractivity contribution in [3.05, 3.63) is 72.3 Å². The van der Waals surface area contributed by atoms with Gasteiger partial charge < -0.3 is 36.6 Å². The van der Waals surface area contributed by atoms with E-state index in [9.17, 15) is 9.59 Å². The third-order valence-corrected chi connectivity index (χ3v) is 5.52. The van der Waals surface area contributed by atoms with Crippen LogP contribution in [0.15, 0.2) is 71.7 Å². The van der Waals surface area contributed by atoms with E-state index in [0.29, 0.717) is 39.6 Å². The van der Waals surface area contributed by atoms with Crippen molar-refractivity contribution in [2.24, 2.45) is 22.2 Å². The summed E-state index contributed by atoms with van der Waals surface area (Å²) in [7, 11) is 3.17. The highest BCUT2D eigenvalue weighted by Gasteiger charge is 2.17. The van der Waals surface area contributed by atoms with Crippen molar-refractivity contribution in [1.82, 2.24) is 9.55 Å². The number of nitrogens with zero attached hydrogens (tertiary/aromatic N) is 3. The number of methoxy groups -OCH3 is 2. The topological polar surface area (TPSA) is 173 Å². The highest BCUT2D eigenvalue weighted by molar-refractivity contribution is 6.06. The number of nitrogens with one attached hydrogen (secondary N) is 1. The maximum Gasteiger partial charge on any atom is 0.255 e. The number of fused-ring (bicyclic) bond motifs is 1. The first-order chi connectivity index (χ1) is 18.7. The van der Waals surface area contributed by atoms with E-state index < -0.39 is 5.91 Å². The van der Waals surface area contributed by atoms with Gasteiger partial charge in [0.2, 0.25) is 5.91 Å². The van der Waals surface area contributed by atoms with Crippen molar-refractivity contribution >= 4 is 34.5 Å². The Morgan fingerprint density at radius 3 is 2.26 bits per heavy atom. The Labute approximate surface area is 226 Å². The first-order valence-electron chi connectivity index (χ1n) is 12.2. The fourth-order valence-corrected chi connectivity index (χ4v) is 3.69. The average Bonchev–Trinajstić information content (AvgIpc) is 3.29. The van der Waals surface area contributed by atoms with E-state index in [2.05, 4.69) is 15.3 Å². The number of aromatic nitrogens is 2. The molecule has 7 N–H and O–H groups in total. The Morgan fingerprint density at radius 1 is 0.949 bits per heavy atom. The smallest absolute Gasteiger partial charge is 0.255 e. The van der Waals surface area contributed by atoms with Crippen molar-refractivity contribution in [1.29, 1.82) is 0 Å². The molecule has 0 fully saturated rings. The summed E-state index contributed by atoms with van der Waals surface area (Å²) in [6.45, 7) is 2.72. The second-order valence-corrected chi connectivity index (χ2v) is 8.41. The van der Waals surface area contributed by atoms with Crippen LogP contribution >= 0.6 is 0 Å². The minimum absolute atomic E-state index is 0.0412. The van der Waals surface area contributed by atoms with Gasteiger partial charge in [-0.1, -0.05) is 19.1 Å². The largest absolute Gasteiger partial charge is 0.497 e. The number of carbonyl (C=O) groups excluding carboxylic acids is 2. The molecule has 3 aromatic carbocycles. The molecule has 0 aliphatic heterocycles. The molecule has 11 nitrogen and oxygen atoms in total. The Bertz CT molecular complexity index is 1460. The predicted octanol–water partition coefficient (Wildman–Crippen LogP) is 3.13. The number of primary amides is 1. The minimum Gasteiger partial charge on any atom is -0.497 e. The average molecular weight is 532 g/mol. The number of benzene rings is 3. The van der Waals surface area contributed by atoms with Crippen LogP contribution < -0.4 is 32.0 Å². The highest BCUT2D eigenvalue weighted by atomic mass is 16.5. The van der Waals surface area contributed by atoms with Crippen LogP contribution in [-0.4, -0.2) is 48.1 Å². The van der Waals surface area contributed by atoms with Crippen LogP contribution in [0.3, 0.4) is 0 Å². The zero-order valence-corrected chi connectivity index (χ0v) is 22.2. The number of rotatable bonds is 9. The highest BCUT2D eigenvalue weighted by Crippen LogP contribution is 2.28. The summed E-state index contributed by atoms with van der Waals surface area (Å²) in [5.41, 5.74) is 18.6. The summed E-state index contributed by atoms with van der Waals surface area (Å²) in [5, 5.41) is 2.85. The summed E-state index contributed by atoms with van der Waals surface area (Å²) >= 11 is 0. The monoisotopic (exact) mass is 531 g/mol. The van der Waals surface area contributed by atoms with Gasteiger partial charge in [0.05, 0.1) is 25.3 Å². The van der Waals surface area contributed by atoms with Crippen molar-refractivity contribution in [3.8, 4) is 22.9 Å². The van der Waals surface area contributed by atoms with Crippen LogP contribution in [0.1, 0.15) is 23.7 Å². The maximum absolute atomic E-state index is 12.8. The number of aliphatic imine (C=N–C) groups is 1. The second kappa shape index (κ2) is 13.5. The summed E-state index contributed by atoms with van der Waals surface area (Å²) in [6.07, 6.45) is 0.998. The van der Waals surface area contributed by atoms with Crippen LogP contribution in [0, 0.1) is 0 Å². The molecule has 2 amide bonds. The van der Waals surface area contributed by atoms with E-state index in [1.807, 2.05) is 31.2 Å². The molecule has 0 radical (unpaired) electrons. The molecule has 0 saturated heterocycles. The van der Waals surface area contributed by atoms with Crippen LogP contribution in [0.2, 0.25) is 0 Å². The van der Waals surface area contributed by atoms with Crippen molar-refractivity contribution < 1.29 is 19.1 Å². The molecule has 0 atom stereocenters. The Hall–Kier alpha value is -5.06. The zero-order valence-electron chi connectivity index (χ0n) is 22.2. The number of imidazole rings is 1. The van der Waals surface area contributed by atoms with Crippen LogP contribution in [-0.2, 0) is 11.3 Å². The molecule has 204 valence electrons. The van der Waals surface area contributed by atoms with Crippen LogP contribution in [0.5, 0.6) is 11.5 Å². The normalized spacial score (nSPS) is 10.2.